The van der Waals surface area contributed by atoms with E-state index in [-0.39, 0.29) is 11.8 Å². The lowest BCUT2D eigenvalue weighted by molar-refractivity contribution is -0.127. The molecule has 2 aliphatic heterocycles. The molecule has 8 heteroatoms. The van der Waals surface area contributed by atoms with E-state index in [9.17, 15) is 9.59 Å². The first kappa shape index (κ1) is 17.7. The molecular weight excluding hydrogens is 350 g/mol. The van der Waals surface area contributed by atoms with E-state index in [0.717, 1.165) is 69.8 Å². The van der Waals surface area contributed by atoms with Crippen LogP contribution in [-0.2, 0) is 4.79 Å². The number of nitrogens with one attached hydrogen (secondary N) is 1. The van der Waals surface area contributed by atoms with Crippen LogP contribution in [-0.4, -0.2) is 60.0 Å². The molecule has 0 spiro atoms. The largest absolute Gasteiger partial charge is 0.364 e. The first-order valence-corrected chi connectivity index (χ1v) is 10.5. The molecule has 1 saturated carbocycles. The number of hydrogen-bond donors (Lipinski definition) is 2. The molecule has 2 amide bonds. The lowest BCUT2D eigenvalue weighted by Gasteiger charge is -2.42. The number of hydrogen-bond acceptors (Lipinski definition) is 6. The van der Waals surface area contributed by atoms with Crippen LogP contribution in [0.1, 0.15) is 49.0 Å². The van der Waals surface area contributed by atoms with E-state index in [2.05, 4.69) is 20.1 Å². The minimum absolute atomic E-state index is 0.152. The number of amides is 2. The number of primary amides is 1. The first-order valence-electron chi connectivity index (χ1n) is 9.65. The maximum absolute atomic E-state index is 12.4. The van der Waals surface area contributed by atoms with Gasteiger partial charge in [0.2, 0.25) is 5.91 Å². The quantitative estimate of drug-likeness (QED) is 0.805. The van der Waals surface area contributed by atoms with Crippen molar-refractivity contribution in [2.75, 3.05) is 31.1 Å². The summed E-state index contributed by atoms with van der Waals surface area (Å²) in [5, 5.41) is 5.79. The monoisotopic (exact) mass is 377 g/mol. The molecule has 26 heavy (non-hydrogen) atoms. The van der Waals surface area contributed by atoms with Gasteiger partial charge in [-0.2, -0.15) is 0 Å². The number of rotatable bonds is 5. The molecule has 3 aliphatic rings. The van der Waals surface area contributed by atoms with Crippen LogP contribution in [0.3, 0.4) is 0 Å². The number of aromatic nitrogens is 1. The summed E-state index contributed by atoms with van der Waals surface area (Å²) < 4.78 is 0. The predicted octanol–water partition coefficient (Wildman–Crippen LogP) is 1.20. The highest BCUT2D eigenvalue weighted by molar-refractivity contribution is 7.13. The zero-order chi connectivity index (χ0) is 18.1. The standard InChI is InChI=1S/C18H27N5O2S/c19-16(24)15-11-26-18(21-15)22-8-5-14(6-9-22)23-7-1-2-12(10-23)17(25)20-13-3-4-13/h11-14H,1-10H2,(H2,19,24)(H,20,25). The van der Waals surface area contributed by atoms with E-state index in [4.69, 9.17) is 5.73 Å². The maximum Gasteiger partial charge on any atom is 0.268 e. The number of anilines is 1. The Kier molecular flexibility index (Phi) is 5.13. The van der Waals surface area contributed by atoms with Crippen molar-refractivity contribution in [2.24, 2.45) is 11.7 Å². The minimum Gasteiger partial charge on any atom is -0.364 e. The number of nitrogens with two attached hydrogens (primary N) is 1. The van der Waals surface area contributed by atoms with Crippen molar-refractivity contribution in [1.82, 2.24) is 15.2 Å². The van der Waals surface area contributed by atoms with Gasteiger partial charge in [0.1, 0.15) is 5.69 Å². The molecule has 1 aromatic heterocycles. The fourth-order valence-electron chi connectivity index (χ4n) is 4.04. The Morgan fingerprint density at radius 3 is 2.58 bits per heavy atom. The number of carbonyl (C=O) groups excluding carboxylic acids is 2. The van der Waals surface area contributed by atoms with Gasteiger partial charge in [0.15, 0.2) is 5.13 Å². The van der Waals surface area contributed by atoms with Gasteiger partial charge in [0.25, 0.3) is 5.91 Å². The third kappa shape index (κ3) is 4.01. The van der Waals surface area contributed by atoms with Gasteiger partial charge in [0.05, 0.1) is 5.92 Å². The van der Waals surface area contributed by atoms with Crippen LogP contribution in [0.5, 0.6) is 0 Å². The average molecular weight is 378 g/mol. The van der Waals surface area contributed by atoms with Crippen molar-refractivity contribution in [2.45, 2.75) is 50.6 Å². The van der Waals surface area contributed by atoms with Crippen LogP contribution in [0.15, 0.2) is 5.38 Å². The molecule has 4 rings (SSSR count). The van der Waals surface area contributed by atoms with E-state index < -0.39 is 5.91 Å². The second-order valence-corrected chi connectivity index (χ2v) is 8.55. The number of piperidine rings is 2. The Morgan fingerprint density at radius 2 is 1.92 bits per heavy atom. The van der Waals surface area contributed by atoms with Gasteiger partial charge in [-0.05, 0) is 45.1 Å². The van der Waals surface area contributed by atoms with Crippen molar-refractivity contribution in [3.05, 3.63) is 11.1 Å². The molecule has 3 fully saturated rings. The summed E-state index contributed by atoms with van der Waals surface area (Å²) in [6.07, 6.45) is 6.56. The molecule has 3 N–H and O–H groups in total. The van der Waals surface area contributed by atoms with Crippen LogP contribution in [0, 0.1) is 5.92 Å². The van der Waals surface area contributed by atoms with Crippen molar-refractivity contribution < 1.29 is 9.59 Å². The van der Waals surface area contributed by atoms with Crippen molar-refractivity contribution in [1.29, 1.82) is 0 Å². The summed E-state index contributed by atoms with van der Waals surface area (Å²) in [7, 11) is 0. The van der Waals surface area contributed by atoms with Crippen molar-refractivity contribution in [3.63, 3.8) is 0 Å². The molecule has 0 aromatic carbocycles. The SMILES string of the molecule is NC(=O)c1csc(N2CCC(N3CCCC(C(=O)NC4CC4)C3)CC2)n1. The van der Waals surface area contributed by atoms with Gasteiger partial charge >= 0.3 is 0 Å². The lowest BCUT2D eigenvalue weighted by atomic mass is 9.93. The highest BCUT2D eigenvalue weighted by Crippen LogP contribution is 2.28. The second-order valence-electron chi connectivity index (χ2n) is 7.71. The average Bonchev–Trinajstić information content (AvgIpc) is 3.33. The first-order chi connectivity index (χ1) is 12.6. The Labute approximate surface area is 157 Å². The second kappa shape index (κ2) is 7.52. The normalized spacial score (nSPS) is 25.2. The zero-order valence-electron chi connectivity index (χ0n) is 15.0. The predicted molar refractivity (Wildman–Crippen MR) is 101 cm³/mol. The van der Waals surface area contributed by atoms with E-state index in [1.54, 1.807) is 5.38 Å². The Hall–Kier alpha value is -1.67. The van der Waals surface area contributed by atoms with Gasteiger partial charge < -0.3 is 16.0 Å². The summed E-state index contributed by atoms with van der Waals surface area (Å²) in [5.41, 5.74) is 5.65. The maximum atomic E-state index is 12.4. The number of carbonyl (C=O) groups is 2. The van der Waals surface area contributed by atoms with Crippen LogP contribution in [0.2, 0.25) is 0 Å². The van der Waals surface area contributed by atoms with E-state index in [1.165, 1.54) is 11.3 Å². The Balaban J connectivity index is 1.29. The minimum atomic E-state index is -0.466. The molecule has 3 heterocycles. The van der Waals surface area contributed by atoms with Crippen LogP contribution >= 0.6 is 11.3 Å². The van der Waals surface area contributed by atoms with Gasteiger partial charge in [-0.3, -0.25) is 14.5 Å². The van der Waals surface area contributed by atoms with Crippen molar-refractivity contribution in [3.8, 4) is 0 Å². The number of likely N-dealkylation sites (tertiary alicyclic amines) is 1. The van der Waals surface area contributed by atoms with Crippen LogP contribution in [0.4, 0.5) is 5.13 Å². The molecular formula is C18H27N5O2S. The summed E-state index contributed by atoms with van der Waals surface area (Å²) in [4.78, 5) is 32.7. The third-order valence-electron chi connectivity index (χ3n) is 5.74. The van der Waals surface area contributed by atoms with Gasteiger partial charge in [-0.15, -0.1) is 11.3 Å². The van der Waals surface area contributed by atoms with Gasteiger partial charge in [-0.25, -0.2) is 4.98 Å². The lowest BCUT2D eigenvalue weighted by Crippen LogP contribution is -2.51. The van der Waals surface area contributed by atoms with Crippen LogP contribution < -0.4 is 16.0 Å². The van der Waals surface area contributed by atoms with Crippen molar-refractivity contribution >= 4 is 28.3 Å². The summed E-state index contributed by atoms with van der Waals surface area (Å²) in [6.45, 7) is 3.87. The molecule has 1 aromatic rings. The fraction of sp³-hybridized carbons (Fsp3) is 0.722. The molecule has 2 saturated heterocycles. The third-order valence-corrected chi connectivity index (χ3v) is 6.64. The molecule has 1 unspecified atom stereocenters. The Morgan fingerprint density at radius 1 is 1.15 bits per heavy atom. The van der Waals surface area contributed by atoms with E-state index in [1.807, 2.05) is 0 Å². The molecule has 0 radical (unpaired) electrons. The molecule has 1 atom stereocenters. The topological polar surface area (TPSA) is 91.6 Å². The number of thiazole rings is 1. The summed E-state index contributed by atoms with van der Waals surface area (Å²) in [5.74, 6) is -0.0536. The van der Waals surface area contributed by atoms with Crippen LogP contribution in [0.25, 0.3) is 0 Å². The molecule has 1 aliphatic carbocycles. The highest BCUT2D eigenvalue weighted by atomic mass is 32.1. The molecule has 7 nitrogen and oxygen atoms in total. The van der Waals surface area contributed by atoms with Gasteiger partial charge in [-0.1, -0.05) is 0 Å². The molecule has 142 valence electrons. The zero-order valence-corrected chi connectivity index (χ0v) is 15.8. The summed E-state index contributed by atoms with van der Waals surface area (Å²) in [6, 6.07) is 0.989. The Bertz CT molecular complexity index is 666. The molecule has 0 bridgehead atoms. The van der Waals surface area contributed by atoms with Gasteiger partial charge in [0, 0.05) is 37.1 Å². The van der Waals surface area contributed by atoms with E-state index >= 15 is 0 Å². The summed E-state index contributed by atoms with van der Waals surface area (Å²) >= 11 is 1.48. The fourth-order valence-corrected chi connectivity index (χ4v) is 4.91. The smallest absolute Gasteiger partial charge is 0.268 e. The highest BCUT2D eigenvalue weighted by Gasteiger charge is 2.34. The number of nitrogens with zero attached hydrogens (tertiary/aromatic N) is 3. The van der Waals surface area contributed by atoms with E-state index in [0.29, 0.717) is 17.8 Å².